The molecule has 0 aliphatic rings. The molecule has 0 fully saturated rings. The Morgan fingerprint density at radius 1 is 1.86 bits per heavy atom. The minimum atomic E-state index is -0.902. The number of methoxy groups -OCH3 is 1. The zero-order valence-corrected chi connectivity index (χ0v) is 9.89. The molecule has 4 nitrogen and oxygen atoms in total. The number of carboxylic acid groups (broad SMARTS) is 1. The molecular formula is C8H10BrNO3S. The Labute approximate surface area is 93.8 Å². The van der Waals surface area contributed by atoms with Gasteiger partial charge in [0, 0.05) is 10.9 Å². The van der Waals surface area contributed by atoms with Crippen LogP contribution in [0.2, 0.25) is 0 Å². The predicted molar refractivity (Wildman–Crippen MR) is 57.8 cm³/mol. The molecule has 1 rings (SSSR count). The van der Waals surface area contributed by atoms with Gasteiger partial charge in [-0.3, -0.25) is 4.79 Å². The monoisotopic (exact) mass is 279 g/mol. The van der Waals surface area contributed by atoms with Crippen LogP contribution in [0.1, 0.15) is 17.3 Å². The second kappa shape index (κ2) is 4.77. The summed E-state index contributed by atoms with van der Waals surface area (Å²) in [6.45, 7) is 0. The maximum Gasteiger partial charge on any atom is 0.305 e. The summed E-state index contributed by atoms with van der Waals surface area (Å²) in [5, 5.41) is 9.27. The minimum absolute atomic E-state index is 0.0733. The van der Waals surface area contributed by atoms with Crippen LogP contribution in [0, 0.1) is 0 Å². The maximum absolute atomic E-state index is 10.4. The van der Waals surface area contributed by atoms with E-state index in [1.165, 1.54) is 11.3 Å². The van der Waals surface area contributed by atoms with E-state index in [0.29, 0.717) is 5.06 Å². The van der Waals surface area contributed by atoms with Gasteiger partial charge in [-0.1, -0.05) is 0 Å². The Bertz CT molecular complexity index is 339. The Kier molecular flexibility index (Phi) is 3.91. The van der Waals surface area contributed by atoms with Crippen molar-refractivity contribution in [2.45, 2.75) is 12.5 Å². The number of carbonyl (C=O) groups is 1. The van der Waals surface area contributed by atoms with Crippen molar-refractivity contribution < 1.29 is 14.6 Å². The van der Waals surface area contributed by atoms with Crippen LogP contribution in [0.3, 0.4) is 0 Å². The third-order valence-corrected chi connectivity index (χ3v) is 3.70. The van der Waals surface area contributed by atoms with Gasteiger partial charge in [-0.05, 0) is 22.0 Å². The Balaban J connectivity index is 2.80. The first-order valence-corrected chi connectivity index (χ1v) is 5.46. The molecule has 14 heavy (non-hydrogen) atoms. The number of halogens is 1. The number of carboxylic acids is 1. The van der Waals surface area contributed by atoms with Gasteiger partial charge in [0.25, 0.3) is 0 Å². The van der Waals surface area contributed by atoms with Crippen LogP contribution in [0.4, 0.5) is 0 Å². The molecule has 0 saturated heterocycles. The van der Waals surface area contributed by atoms with E-state index in [4.69, 9.17) is 15.6 Å². The van der Waals surface area contributed by atoms with Crippen LogP contribution in [0.15, 0.2) is 10.5 Å². The molecule has 0 bridgehead atoms. The van der Waals surface area contributed by atoms with Crippen molar-refractivity contribution in [3.63, 3.8) is 0 Å². The molecule has 1 atom stereocenters. The van der Waals surface area contributed by atoms with Crippen molar-refractivity contribution in [3.05, 3.63) is 15.4 Å². The highest BCUT2D eigenvalue weighted by molar-refractivity contribution is 9.10. The van der Waals surface area contributed by atoms with Crippen molar-refractivity contribution in [2.24, 2.45) is 5.73 Å². The van der Waals surface area contributed by atoms with Crippen LogP contribution in [-0.4, -0.2) is 18.2 Å². The molecule has 1 heterocycles. The van der Waals surface area contributed by atoms with E-state index in [1.807, 2.05) is 0 Å². The summed E-state index contributed by atoms with van der Waals surface area (Å²) in [7, 11) is 1.56. The molecular weight excluding hydrogens is 270 g/mol. The first kappa shape index (κ1) is 11.5. The fourth-order valence-corrected chi connectivity index (χ4v) is 2.65. The molecule has 0 aliphatic heterocycles. The highest BCUT2D eigenvalue weighted by Gasteiger charge is 2.15. The summed E-state index contributed by atoms with van der Waals surface area (Å²) in [6.07, 6.45) is -0.0733. The second-order valence-corrected chi connectivity index (χ2v) is 4.59. The quantitative estimate of drug-likeness (QED) is 0.884. The summed E-state index contributed by atoms with van der Waals surface area (Å²) < 4.78 is 5.86. The molecule has 1 unspecified atom stereocenters. The first-order chi connectivity index (χ1) is 6.54. The van der Waals surface area contributed by atoms with Crippen LogP contribution in [-0.2, 0) is 4.79 Å². The summed E-state index contributed by atoms with van der Waals surface area (Å²) in [5.41, 5.74) is 5.69. The van der Waals surface area contributed by atoms with Gasteiger partial charge in [0.2, 0.25) is 0 Å². The average Bonchev–Trinajstić information content (AvgIpc) is 2.45. The van der Waals surface area contributed by atoms with E-state index in [2.05, 4.69) is 15.9 Å². The van der Waals surface area contributed by atoms with Crippen LogP contribution >= 0.6 is 27.3 Å². The van der Waals surface area contributed by atoms with E-state index in [-0.39, 0.29) is 6.42 Å². The minimum Gasteiger partial charge on any atom is -0.486 e. The zero-order valence-electron chi connectivity index (χ0n) is 7.49. The highest BCUT2D eigenvalue weighted by Crippen LogP contribution is 2.37. The van der Waals surface area contributed by atoms with Gasteiger partial charge < -0.3 is 15.6 Å². The number of aliphatic carboxylic acids is 1. The number of rotatable bonds is 4. The predicted octanol–water partition coefficient (Wildman–Crippen LogP) is 1.99. The number of hydrogen-bond acceptors (Lipinski definition) is 4. The lowest BCUT2D eigenvalue weighted by atomic mass is 10.2. The standard InChI is InChI=1S/C8H10BrNO3S/c1-13-8-4(9)2-6(14-8)5(10)3-7(11)12/h2,5H,3,10H2,1H3,(H,11,12). The fourth-order valence-electron chi connectivity index (χ4n) is 0.980. The molecule has 1 aromatic rings. The average molecular weight is 280 g/mol. The third kappa shape index (κ3) is 2.70. The molecule has 0 saturated carbocycles. The molecule has 0 aromatic carbocycles. The van der Waals surface area contributed by atoms with Crippen LogP contribution in [0.25, 0.3) is 0 Å². The van der Waals surface area contributed by atoms with Gasteiger partial charge in [-0.2, -0.15) is 0 Å². The lowest BCUT2D eigenvalue weighted by molar-refractivity contribution is -0.137. The molecule has 0 amide bonds. The van der Waals surface area contributed by atoms with Crippen molar-refractivity contribution >= 4 is 33.2 Å². The highest BCUT2D eigenvalue weighted by atomic mass is 79.9. The number of hydrogen-bond donors (Lipinski definition) is 2. The number of thiophene rings is 1. The maximum atomic E-state index is 10.4. The van der Waals surface area contributed by atoms with E-state index in [1.54, 1.807) is 13.2 Å². The summed E-state index contributed by atoms with van der Waals surface area (Å²) in [5.74, 6) is -0.902. The number of nitrogens with two attached hydrogens (primary N) is 1. The van der Waals surface area contributed by atoms with Crippen LogP contribution < -0.4 is 10.5 Å². The van der Waals surface area contributed by atoms with E-state index >= 15 is 0 Å². The molecule has 1 aromatic heterocycles. The molecule has 0 aliphatic carbocycles. The lowest BCUT2D eigenvalue weighted by Gasteiger charge is -2.04. The van der Waals surface area contributed by atoms with Gasteiger partial charge in [0.05, 0.1) is 18.0 Å². The summed E-state index contributed by atoms with van der Waals surface area (Å²) >= 11 is 4.65. The number of ether oxygens (including phenoxy) is 1. The van der Waals surface area contributed by atoms with Crippen molar-refractivity contribution in [2.75, 3.05) is 7.11 Å². The lowest BCUT2D eigenvalue weighted by Crippen LogP contribution is -2.13. The first-order valence-electron chi connectivity index (χ1n) is 3.85. The summed E-state index contributed by atoms with van der Waals surface area (Å²) in [6, 6.07) is 1.31. The van der Waals surface area contributed by atoms with Crippen molar-refractivity contribution in [1.82, 2.24) is 0 Å². The summed E-state index contributed by atoms with van der Waals surface area (Å²) in [4.78, 5) is 11.2. The van der Waals surface area contributed by atoms with E-state index in [0.717, 1.165) is 9.35 Å². The van der Waals surface area contributed by atoms with Gasteiger partial charge in [0.15, 0.2) is 5.06 Å². The second-order valence-electron chi connectivity index (χ2n) is 2.69. The van der Waals surface area contributed by atoms with Gasteiger partial charge >= 0.3 is 5.97 Å². The molecule has 0 spiro atoms. The van der Waals surface area contributed by atoms with Gasteiger partial charge in [-0.25, -0.2) is 0 Å². The van der Waals surface area contributed by atoms with Crippen LogP contribution in [0.5, 0.6) is 5.06 Å². The SMILES string of the molecule is COc1sc(C(N)CC(=O)O)cc1Br. The Hall–Kier alpha value is -0.590. The normalized spacial score (nSPS) is 12.5. The van der Waals surface area contributed by atoms with Gasteiger partial charge in [0.1, 0.15) is 0 Å². The van der Waals surface area contributed by atoms with Gasteiger partial charge in [-0.15, -0.1) is 11.3 Å². The molecule has 0 radical (unpaired) electrons. The molecule has 3 N–H and O–H groups in total. The van der Waals surface area contributed by atoms with E-state index < -0.39 is 12.0 Å². The smallest absolute Gasteiger partial charge is 0.305 e. The Morgan fingerprint density at radius 3 is 2.93 bits per heavy atom. The van der Waals surface area contributed by atoms with Crippen molar-refractivity contribution in [1.29, 1.82) is 0 Å². The topological polar surface area (TPSA) is 72.5 Å². The zero-order chi connectivity index (χ0) is 10.7. The Morgan fingerprint density at radius 2 is 2.50 bits per heavy atom. The largest absolute Gasteiger partial charge is 0.486 e. The fraction of sp³-hybridized carbons (Fsp3) is 0.375. The van der Waals surface area contributed by atoms with Crippen molar-refractivity contribution in [3.8, 4) is 5.06 Å². The molecule has 78 valence electrons. The third-order valence-electron chi connectivity index (χ3n) is 1.62. The molecule has 6 heteroatoms. The van der Waals surface area contributed by atoms with E-state index in [9.17, 15) is 4.79 Å².